The van der Waals surface area contributed by atoms with Crippen molar-refractivity contribution < 1.29 is 9.53 Å². The second-order valence-corrected chi connectivity index (χ2v) is 6.15. The zero-order valence-electron chi connectivity index (χ0n) is 11.2. The molecule has 0 aliphatic heterocycles. The minimum absolute atomic E-state index is 0.206. The molecule has 0 amide bonds. The fourth-order valence-corrected chi connectivity index (χ4v) is 4.55. The van der Waals surface area contributed by atoms with Crippen molar-refractivity contribution in [1.82, 2.24) is 0 Å². The van der Waals surface area contributed by atoms with Gasteiger partial charge in [-0.25, -0.2) is 0 Å². The Morgan fingerprint density at radius 1 is 1.32 bits per heavy atom. The summed E-state index contributed by atoms with van der Waals surface area (Å²) >= 11 is 0. The summed E-state index contributed by atoms with van der Waals surface area (Å²) in [6.07, 6.45) is 8.91. The zero-order chi connectivity index (χ0) is 13.0. The molecule has 0 heterocycles. The van der Waals surface area contributed by atoms with E-state index in [2.05, 4.69) is 18.2 Å². The van der Waals surface area contributed by atoms with Crippen molar-refractivity contribution in [2.45, 2.75) is 31.1 Å². The third kappa shape index (κ3) is 1.35. The highest BCUT2D eigenvalue weighted by molar-refractivity contribution is 6.01. The number of hydrogen-bond acceptors (Lipinski definition) is 2. The van der Waals surface area contributed by atoms with Crippen molar-refractivity contribution in [3.63, 3.8) is 0 Å². The molecule has 3 atom stereocenters. The number of carbonyl (C=O) groups is 1. The first-order valence-corrected chi connectivity index (χ1v) is 7.13. The monoisotopic (exact) mass is 254 g/mol. The second kappa shape index (κ2) is 3.72. The Morgan fingerprint density at radius 2 is 2.21 bits per heavy atom. The van der Waals surface area contributed by atoms with Crippen LogP contribution in [0.3, 0.4) is 0 Å². The predicted molar refractivity (Wildman–Crippen MR) is 73.6 cm³/mol. The van der Waals surface area contributed by atoms with Crippen molar-refractivity contribution >= 4 is 5.78 Å². The van der Waals surface area contributed by atoms with E-state index in [1.54, 1.807) is 7.11 Å². The number of methoxy groups -OCH3 is 1. The Kier molecular flexibility index (Phi) is 2.21. The van der Waals surface area contributed by atoms with Crippen molar-refractivity contribution in [3.05, 3.63) is 41.5 Å². The highest BCUT2D eigenvalue weighted by Crippen LogP contribution is 2.58. The molecule has 1 aromatic carbocycles. The first-order valence-electron chi connectivity index (χ1n) is 7.13. The normalized spacial score (nSPS) is 34.9. The van der Waals surface area contributed by atoms with Gasteiger partial charge in [-0.05, 0) is 42.7 Å². The molecular weight excluding hydrogens is 236 g/mol. The average Bonchev–Trinajstić information content (AvgIpc) is 3.04. The SMILES string of the molecule is COc1cccc2c1C(=O)CCC21CC2C=CC1C2. The summed E-state index contributed by atoms with van der Waals surface area (Å²) in [6, 6.07) is 6.11. The van der Waals surface area contributed by atoms with E-state index in [9.17, 15) is 4.79 Å². The number of allylic oxidation sites excluding steroid dienone is 2. The lowest BCUT2D eigenvalue weighted by atomic mass is 9.62. The van der Waals surface area contributed by atoms with Gasteiger partial charge in [0.1, 0.15) is 5.75 Å². The lowest BCUT2D eigenvalue weighted by Crippen LogP contribution is -2.37. The lowest BCUT2D eigenvalue weighted by molar-refractivity contribution is 0.0940. The number of Topliss-reactive ketones (excluding diaryl/α,β-unsaturated/α-hetero) is 1. The minimum atomic E-state index is 0.206. The van der Waals surface area contributed by atoms with Crippen LogP contribution >= 0.6 is 0 Å². The number of ketones is 1. The van der Waals surface area contributed by atoms with Crippen LogP contribution in [-0.2, 0) is 5.41 Å². The number of hydrogen-bond donors (Lipinski definition) is 0. The van der Waals surface area contributed by atoms with Gasteiger partial charge in [0.25, 0.3) is 0 Å². The molecule has 0 N–H and O–H groups in total. The van der Waals surface area contributed by atoms with E-state index in [-0.39, 0.29) is 11.2 Å². The van der Waals surface area contributed by atoms with Gasteiger partial charge in [-0.15, -0.1) is 0 Å². The first-order chi connectivity index (χ1) is 9.24. The maximum Gasteiger partial charge on any atom is 0.166 e. The van der Waals surface area contributed by atoms with E-state index < -0.39 is 0 Å². The van der Waals surface area contributed by atoms with Gasteiger partial charge in [0.05, 0.1) is 12.7 Å². The molecule has 3 aliphatic rings. The summed E-state index contributed by atoms with van der Waals surface area (Å²) in [7, 11) is 1.66. The molecule has 1 aromatic rings. The van der Waals surface area contributed by atoms with Crippen LogP contribution in [0.2, 0.25) is 0 Å². The van der Waals surface area contributed by atoms with Gasteiger partial charge in [0.15, 0.2) is 5.78 Å². The Labute approximate surface area is 113 Å². The summed E-state index contributed by atoms with van der Waals surface area (Å²) in [5.74, 6) is 2.35. The van der Waals surface area contributed by atoms with Crippen molar-refractivity contribution in [2.24, 2.45) is 11.8 Å². The number of fused-ring (bicyclic) bond motifs is 5. The Bertz CT molecular complexity index is 587. The minimum Gasteiger partial charge on any atom is -0.496 e. The predicted octanol–water partition coefficient (Wildman–Crippen LogP) is 3.51. The molecule has 1 saturated carbocycles. The topological polar surface area (TPSA) is 26.3 Å². The van der Waals surface area contributed by atoms with Gasteiger partial charge >= 0.3 is 0 Å². The lowest BCUT2D eigenvalue weighted by Gasteiger charge is -2.40. The van der Waals surface area contributed by atoms with Crippen molar-refractivity contribution in [3.8, 4) is 5.75 Å². The molecule has 3 unspecified atom stereocenters. The highest BCUT2D eigenvalue weighted by Gasteiger charge is 2.52. The molecule has 19 heavy (non-hydrogen) atoms. The van der Waals surface area contributed by atoms with Gasteiger partial charge < -0.3 is 4.74 Å². The molecule has 0 aromatic heterocycles. The third-order valence-corrected chi connectivity index (χ3v) is 5.37. The molecule has 0 saturated heterocycles. The van der Waals surface area contributed by atoms with Crippen molar-refractivity contribution in [2.75, 3.05) is 7.11 Å². The van der Waals surface area contributed by atoms with Crippen LogP contribution < -0.4 is 4.74 Å². The third-order valence-electron chi connectivity index (χ3n) is 5.37. The molecular formula is C17H18O2. The summed E-state index contributed by atoms with van der Waals surface area (Å²) in [5, 5.41) is 0. The molecule has 2 nitrogen and oxygen atoms in total. The van der Waals surface area contributed by atoms with Gasteiger partial charge in [-0.1, -0.05) is 24.3 Å². The van der Waals surface area contributed by atoms with E-state index in [1.165, 1.54) is 18.4 Å². The summed E-state index contributed by atoms with van der Waals surface area (Å²) in [6.45, 7) is 0. The van der Waals surface area contributed by atoms with E-state index in [0.29, 0.717) is 12.3 Å². The van der Waals surface area contributed by atoms with Crippen LogP contribution in [0.4, 0.5) is 0 Å². The molecule has 3 aliphatic carbocycles. The number of rotatable bonds is 1. The standard InChI is InChI=1S/C17H18O2/c1-19-15-4-2-3-13-16(15)14(18)7-8-17(13)10-11-5-6-12(17)9-11/h2-6,11-12H,7-10H2,1H3. The van der Waals surface area contributed by atoms with Crippen LogP contribution in [0, 0.1) is 11.8 Å². The quantitative estimate of drug-likeness (QED) is 0.717. The van der Waals surface area contributed by atoms with Crippen LogP contribution in [-0.4, -0.2) is 12.9 Å². The Hall–Kier alpha value is -1.57. The summed E-state index contributed by atoms with van der Waals surface area (Å²) in [4.78, 5) is 12.3. The van der Waals surface area contributed by atoms with Gasteiger partial charge in [0.2, 0.25) is 0 Å². The van der Waals surface area contributed by atoms with E-state index in [4.69, 9.17) is 4.74 Å². The number of carbonyl (C=O) groups excluding carboxylic acids is 1. The van der Waals surface area contributed by atoms with E-state index in [0.717, 1.165) is 23.7 Å². The van der Waals surface area contributed by atoms with Gasteiger partial charge in [-0.2, -0.15) is 0 Å². The van der Waals surface area contributed by atoms with Crippen LogP contribution in [0.25, 0.3) is 0 Å². The largest absolute Gasteiger partial charge is 0.496 e. The van der Waals surface area contributed by atoms with Crippen LogP contribution in [0.1, 0.15) is 41.6 Å². The molecule has 2 heteroatoms. The maximum atomic E-state index is 12.3. The van der Waals surface area contributed by atoms with E-state index in [1.807, 2.05) is 12.1 Å². The molecule has 98 valence electrons. The van der Waals surface area contributed by atoms with Gasteiger partial charge in [0, 0.05) is 11.8 Å². The molecule has 1 spiro atoms. The Morgan fingerprint density at radius 3 is 2.89 bits per heavy atom. The average molecular weight is 254 g/mol. The first kappa shape index (κ1) is 11.3. The maximum absolute atomic E-state index is 12.3. The molecule has 4 rings (SSSR count). The number of ether oxygens (including phenoxy) is 1. The van der Waals surface area contributed by atoms with Crippen LogP contribution in [0.15, 0.2) is 30.4 Å². The van der Waals surface area contributed by atoms with E-state index >= 15 is 0 Å². The molecule has 1 fully saturated rings. The van der Waals surface area contributed by atoms with Crippen LogP contribution in [0.5, 0.6) is 5.75 Å². The number of benzene rings is 1. The second-order valence-electron chi connectivity index (χ2n) is 6.15. The highest BCUT2D eigenvalue weighted by atomic mass is 16.5. The smallest absolute Gasteiger partial charge is 0.166 e. The Balaban J connectivity index is 1.93. The fourth-order valence-electron chi connectivity index (χ4n) is 4.55. The fraction of sp³-hybridized carbons (Fsp3) is 0.471. The van der Waals surface area contributed by atoms with Gasteiger partial charge in [-0.3, -0.25) is 4.79 Å². The van der Waals surface area contributed by atoms with Crippen molar-refractivity contribution in [1.29, 1.82) is 0 Å². The molecule has 0 radical (unpaired) electrons. The summed E-state index contributed by atoms with van der Waals surface area (Å²) in [5.41, 5.74) is 2.31. The summed E-state index contributed by atoms with van der Waals surface area (Å²) < 4.78 is 5.43. The molecule has 2 bridgehead atoms. The zero-order valence-corrected chi connectivity index (χ0v) is 11.2.